The molecule has 38 heavy (non-hydrogen) atoms. The van der Waals surface area contributed by atoms with Gasteiger partial charge in [-0.25, -0.2) is 9.98 Å². The molecule has 4 rings (SSSR count). The highest BCUT2D eigenvalue weighted by molar-refractivity contribution is 6.74. The lowest BCUT2D eigenvalue weighted by atomic mass is 10.1. The molecule has 0 bridgehead atoms. The molecule has 2 aromatic heterocycles. The molecule has 4 atom stereocenters. The van der Waals surface area contributed by atoms with Crippen LogP contribution in [-0.4, -0.2) is 77.6 Å². The van der Waals surface area contributed by atoms with Gasteiger partial charge in [0.1, 0.15) is 12.1 Å². The summed E-state index contributed by atoms with van der Waals surface area (Å²) in [5.41, 5.74) is 1.29. The number of fused-ring (bicyclic) bond motifs is 1. The second-order valence-electron chi connectivity index (χ2n) is 11.4. The summed E-state index contributed by atoms with van der Waals surface area (Å²) < 4.78 is 15.4. The van der Waals surface area contributed by atoms with Gasteiger partial charge in [0, 0.05) is 20.3 Å². The molecule has 0 amide bonds. The normalized spacial score (nSPS) is 22.7. The topological polar surface area (TPSA) is 110 Å². The third-order valence-electron chi connectivity index (χ3n) is 7.25. The van der Waals surface area contributed by atoms with Crippen LogP contribution >= 0.6 is 0 Å². The van der Waals surface area contributed by atoms with Crippen LogP contribution in [-0.2, 0) is 9.16 Å². The van der Waals surface area contributed by atoms with Gasteiger partial charge in [-0.05, 0) is 30.1 Å². The number of nitrogens with zero attached hydrogens (tertiary/aromatic N) is 6. The van der Waals surface area contributed by atoms with Crippen LogP contribution in [0, 0.1) is 0 Å². The summed E-state index contributed by atoms with van der Waals surface area (Å²) in [6, 6.07) is 9.78. The molecule has 1 aromatic carbocycles. The number of ether oxygens (including phenoxy) is 1. The van der Waals surface area contributed by atoms with Crippen LogP contribution in [0.5, 0.6) is 0 Å². The van der Waals surface area contributed by atoms with Crippen LogP contribution < -0.4 is 5.56 Å². The minimum atomic E-state index is -2.24. The maximum atomic E-state index is 12.8. The maximum absolute atomic E-state index is 12.8. The van der Waals surface area contributed by atoms with Crippen LogP contribution in [0.3, 0.4) is 0 Å². The highest BCUT2D eigenvalue weighted by Gasteiger charge is 2.50. The van der Waals surface area contributed by atoms with Gasteiger partial charge in [-0.1, -0.05) is 58.0 Å². The van der Waals surface area contributed by atoms with Gasteiger partial charge in [0.25, 0.3) is 5.56 Å². The van der Waals surface area contributed by atoms with E-state index in [4.69, 9.17) is 14.2 Å². The number of aromatic amines is 1. The molecule has 0 spiro atoms. The maximum Gasteiger partial charge on any atom is 0.280 e. The molecule has 0 unspecified atom stereocenters. The van der Waals surface area contributed by atoms with E-state index in [1.54, 1.807) is 22.1 Å². The number of nitrogens with one attached hydrogen (secondary N) is 1. The van der Waals surface area contributed by atoms with Crippen LogP contribution in [0.15, 0.2) is 51.4 Å². The van der Waals surface area contributed by atoms with Gasteiger partial charge in [0.15, 0.2) is 25.7 Å². The average Bonchev–Trinajstić information content (AvgIpc) is 3.42. The number of aliphatic imine (C=N–C) groups is 2. The quantitative estimate of drug-likeness (QED) is 0.257. The molecule has 204 valence electrons. The van der Waals surface area contributed by atoms with Gasteiger partial charge in [0.05, 0.1) is 18.8 Å². The van der Waals surface area contributed by atoms with Crippen LogP contribution in [0.2, 0.25) is 18.1 Å². The van der Waals surface area contributed by atoms with Gasteiger partial charge in [-0.3, -0.25) is 19.3 Å². The van der Waals surface area contributed by atoms with Crippen molar-refractivity contribution in [1.82, 2.24) is 24.4 Å². The molecule has 1 aliphatic heterocycles. The Morgan fingerprint density at radius 1 is 1.24 bits per heavy atom. The van der Waals surface area contributed by atoms with Crippen molar-refractivity contribution in [3.8, 4) is 0 Å². The third kappa shape index (κ3) is 5.79. The van der Waals surface area contributed by atoms with Crippen molar-refractivity contribution in [3.05, 3.63) is 52.6 Å². The summed E-state index contributed by atoms with van der Waals surface area (Å²) in [4.78, 5) is 35.6. The molecule has 0 aliphatic carbocycles. The van der Waals surface area contributed by atoms with Crippen LogP contribution in [0.1, 0.15) is 45.9 Å². The lowest BCUT2D eigenvalue weighted by Crippen LogP contribution is -2.48. The zero-order chi connectivity index (χ0) is 27.7. The Morgan fingerprint density at radius 2 is 1.95 bits per heavy atom. The lowest BCUT2D eigenvalue weighted by Gasteiger charge is -2.40. The Morgan fingerprint density at radius 3 is 2.58 bits per heavy atom. The number of hydrogen-bond donors (Lipinski definition) is 1. The molecule has 1 saturated heterocycles. The minimum absolute atomic E-state index is 0.0178. The Kier molecular flexibility index (Phi) is 8.00. The van der Waals surface area contributed by atoms with Crippen LogP contribution in [0.25, 0.3) is 11.2 Å². The standard InChI is InChI=1S/C27H39N7O3Si/c1-9-19-20(28-15-18-13-11-10-12-14-18)22(37-38(7,8)27(2,3)4)25(36-19)34-17-29-21-23(34)31-26(32-24(21)35)30-16-33(5)6/h10-17,19-20,22,25H,9H2,1-8H3,(H,31,32,35)/t19-,20-,22-,25-/m1/s1. The minimum Gasteiger partial charge on any atom is -0.407 e. The van der Waals surface area contributed by atoms with Crippen molar-refractivity contribution in [1.29, 1.82) is 0 Å². The average molecular weight is 538 g/mol. The molecule has 0 saturated carbocycles. The van der Waals surface area contributed by atoms with E-state index in [0.29, 0.717) is 5.65 Å². The molecule has 10 nitrogen and oxygen atoms in total. The molecule has 1 N–H and O–H groups in total. The predicted molar refractivity (Wildman–Crippen MR) is 154 cm³/mol. The molecule has 3 heterocycles. The molecule has 1 aliphatic rings. The number of aromatic nitrogens is 4. The fraction of sp³-hybridized carbons (Fsp3) is 0.519. The lowest BCUT2D eigenvalue weighted by molar-refractivity contribution is -0.0321. The zero-order valence-corrected chi connectivity index (χ0v) is 24.5. The smallest absolute Gasteiger partial charge is 0.280 e. The zero-order valence-electron chi connectivity index (χ0n) is 23.5. The Hall–Kier alpha value is -3.15. The molecule has 3 aromatic rings. The summed E-state index contributed by atoms with van der Waals surface area (Å²) in [5, 5.41) is -0.0178. The van der Waals surface area contributed by atoms with Crippen molar-refractivity contribution in [2.45, 2.75) is 76.7 Å². The van der Waals surface area contributed by atoms with E-state index in [0.717, 1.165) is 12.0 Å². The van der Waals surface area contributed by atoms with Crippen molar-refractivity contribution in [2.24, 2.45) is 9.98 Å². The number of imidazole rings is 1. The fourth-order valence-electron chi connectivity index (χ4n) is 4.15. The third-order valence-corrected chi connectivity index (χ3v) is 11.7. The van der Waals surface area contributed by atoms with Crippen molar-refractivity contribution >= 4 is 38.0 Å². The first kappa shape index (κ1) is 27.9. The molecular weight excluding hydrogens is 498 g/mol. The van der Waals surface area contributed by atoms with Crippen molar-refractivity contribution in [3.63, 3.8) is 0 Å². The first-order valence-electron chi connectivity index (χ1n) is 13.0. The summed E-state index contributed by atoms with van der Waals surface area (Å²) in [7, 11) is 1.46. The first-order chi connectivity index (χ1) is 17.9. The van der Waals surface area contributed by atoms with Crippen molar-refractivity contribution < 1.29 is 9.16 Å². The summed E-state index contributed by atoms with van der Waals surface area (Å²) >= 11 is 0. The SMILES string of the molecule is CC[C@H]1O[C@@H](n2cnc3c(=O)[nH]c(N=CN(C)C)nc32)[C@H](O[Si](C)(C)C(C)(C)C)[C@@H]1N=Cc1ccccc1. The van der Waals surface area contributed by atoms with E-state index in [9.17, 15) is 4.79 Å². The van der Waals surface area contributed by atoms with Gasteiger partial charge in [-0.15, -0.1) is 0 Å². The van der Waals surface area contributed by atoms with Gasteiger partial charge >= 0.3 is 0 Å². The molecular formula is C27H39N7O3Si. The van der Waals surface area contributed by atoms with Gasteiger partial charge in [0.2, 0.25) is 5.95 Å². The van der Waals surface area contributed by atoms with E-state index in [1.807, 2.05) is 50.6 Å². The summed E-state index contributed by atoms with van der Waals surface area (Å²) in [5.74, 6) is 0.198. The van der Waals surface area contributed by atoms with Gasteiger partial charge in [-0.2, -0.15) is 4.98 Å². The number of rotatable bonds is 8. The van der Waals surface area contributed by atoms with E-state index in [1.165, 1.54) is 0 Å². The number of benzene rings is 1. The number of hydrogen-bond acceptors (Lipinski definition) is 7. The summed E-state index contributed by atoms with van der Waals surface area (Å²) in [6.45, 7) is 13.2. The van der Waals surface area contributed by atoms with Crippen LogP contribution in [0.4, 0.5) is 5.95 Å². The second kappa shape index (κ2) is 10.9. The summed E-state index contributed by atoms with van der Waals surface area (Å²) in [6.07, 6.45) is 4.70. The monoisotopic (exact) mass is 537 g/mol. The van der Waals surface area contributed by atoms with E-state index in [-0.39, 0.29) is 34.2 Å². The number of H-pyrrole nitrogens is 1. The molecule has 11 heteroatoms. The van der Waals surface area contributed by atoms with E-state index in [2.05, 4.69) is 60.7 Å². The predicted octanol–water partition coefficient (Wildman–Crippen LogP) is 4.53. The highest BCUT2D eigenvalue weighted by Crippen LogP contribution is 2.43. The van der Waals surface area contributed by atoms with E-state index >= 15 is 0 Å². The Balaban J connectivity index is 1.81. The molecule has 1 fully saturated rings. The largest absolute Gasteiger partial charge is 0.407 e. The van der Waals surface area contributed by atoms with E-state index < -0.39 is 20.6 Å². The molecule has 0 radical (unpaired) electrons. The fourth-order valence-corrected chi connectivity index (χ4v) is 5.44. The van der Waals surface area contributed by atoms with Crippen molar-refractivity contribution in [2.75, 3.05) is 14.1 Å². The Labute approximate surface area is 225 Å². The first-order valence-corrected chi connectivity index (χ1v) is 15.9. The second-order valence-corrected chi connectivity index (χ2v) is 16.2. The Bertz CT molecular complexity index is 1360. The highest BCUT2D eigenvalue weighted by atomic mass is 28.4. The van der Waals surface area contributed by atoms with Gasteiger partial charge < -0.3 is 14.1 Å².